The van der Waals surface area contributed by atoms with Gasteiger partial charge in [0.25, 0.3) is 0 Å². The molecule has 0 saturated heterocycles. The summed E-state index contributed by atoms with van der Waals surface area (Å²) in [5.74, 6) is 0.398. The Labute approximate surface area is 115 Å². The van der Waals surface area contributed by atoms with E-state index in [0.29, 0.717) is 12.5 Å². The highest BCUT2D eigenvalue weighted by atomic mass is 32.2. The van der Waals surface area contributed by atoms with Gasteiger partial charge in [0.1, 0.15) is 0 Å². The maximum absolute atomic E-state index is 11.6. The quantitative estimate of drug-likeness (QED) is 0.716. The molecule has 0 heterocycles. The molecule has 1 saturated carbocycles. The summed E-state index contributed by atoms with van der Waals surface area (Å²) in [5, 5.41) is 8.46. The van der Waals surface area contributed by atoms with Gasteiger partial charge >= 0.3 is 5.97 Å². The lowest BCUT2D eigenvalue weighted by Crippen LogP contribution is -2.29. The first kappa shape index (κ1) is 16.4. The van der Waals surface area contributed by atoms with Gasteiger partial charge in [0.05, 0.1) is 5.75 Å². The van der Waals surface area contributed by atoms with Crippen LogP contribution < -0.4 is 4.72 Å². The van der Waals surface area contributed by atoms with Gasteiger partial charge in [-0.1, -0.05) is 32.6 Å². The molecule has 5 nitrogen and oxygen atoms in total. The fourth-order valence-electron chi connectivity index (χ4n) is 2.52. The SMILES string of the molecule is CC1CCC(CCNS(=O)(=O)CCCC(=O)O)CC1. The minimum atomic E-state index is -3.30. The van der Waals surface area contributed by atoms with Crippen LogP contribution in [-0.4, -0.2) is 31.8 Å². The number of hydrogen-bond donors (Lipinski definition) is 2. The molecule has 1 fully saturated rings. The van der Waals surface area contributed by atoms with Crippen molar-refractivity contribution in [3.63, 3.8) is 0 Å². The zero-order valence-electron chi connectivity index (χ0n) is 11.6. The largest absolute Gasteiger partial charge is 0.481 e. The molecule has 1 aliphatic carbocycles. The topological polar surface area (TPSA) is 83.5 Å². The molecule has 1 rings (SSSR count). The molecular formula is C13H25NO4S. The molecule has 0 bridgehead atoms. The van der Waals surface area contributed by atoms with E-state index in [0.717, 1.165) is 12.3 Å². The van der Waals surface area contributed by atoms with Gasteiger partial charge in [-0.05, 0) is 24.7 Å². The van der Waals surface area contributed by atoms with Gasteiger partial charge in [0.2, 0.25) is 10.0 Å². The predicted molar refractivity (Wildman–Crippen MR) is 74.4 cm³/mol. The van der Waals surface area contributed by atoms with E-state index in [-0.39, 0.29) is 18.6 Å². The molecule has 0 aromatic heterocycles. The lowest BCUT2D eigenvalue weighted by molar-refractivity contribution is -0.137. The van der Waals surface area contributed by atoms with Crippen molar-refractivity contribution in [3.8, 4) is 0 Å². The lowest BCUT2D eigenvalue weighted by atomic mass is 9.81. The Hall–Kier alpha value is -0.620. The van der Waals surface area contributed by atoms with Crippen molar-refractivity contribution in [2.75, 3.05) is 12.3 Å². The molecule has 1 aliphatic rings. The summed E-state index contributed by atoms with van der Waals surface area (Å²) in [6.45, 7) is 2.75. The molecule has 0 radical (unpaired) electrons. The minimum absolute atomic E-state index is 0.0958. The number of aliphatic carboxylic acids is 1. The molecule has 0 spiro atoms. The minimum Gasteiger partial charge on any atom is -0.481 e. The smallest absolute Gasteiger partial charge is 0.303 e. The molecule has 0 unspecified atom stereocenters. The van der Waals surface area contributed by atoms with E-state index >= 15 is 0 Å². The Kier molecular flexibility index (Phi) is 6.79. The standard InChI is InChI=1S/C13H25NO4S/c1-11-4-6-12(7-5-11)8-9-14-19(17,18)10-2-3-13(15)16/h11-12,14H,2-10H2,1H3,(H,15,16). The van der Waals surface area contributed by atoms with Gasteiger partial charge < -0.3 is 5.11 Å². The Morgan fingerprint density at radius 2 is 1.89 bits per heavy atom. The van der Waals surface area contributed by atoms with Crippen molar-refractivity contribution in [1.82, 2.24) is 4.72 Å². The number of carboxylic acids is 1. The van der Waals surface area contributed by atoms with Crippen molar-refractivity contribution >= 4 is 16.0 Å². The second-order valence-electron chi connectivity index (χ2n) is 5.63. The third-order valence-electron chi connectivity index (χ3n) is 3.81. The highest BCUT2D eigenvalue weighted by Crippen LogP contribution is 2.29. The second kappa shape index (κ2) is 7.85. The molecule has 0 aromatic rings. The Morgan fingerprint density at radius 1 is 1.26 bits per heavy atom. The number of sulfonamides is 1. The molecule has 0 aromatic carbocycles. The van der Waals surface area contributed by atoms with E-state index in [1.165, 1.54) is 25.7 Å². The van der Waals surface area contributed by atoms with Crippen molar-refractivity contribution in [2.45, 2.75) is 51.9 Å². The van der Waals surface area contributed by atoms with Crippen molar-refractivity contribution in [3.05, 3.63) is 0 Å². The second-order valence-corrected chi connectivity index (χ2v) is 7.55. The van der Waals surface area contributed by atoms with Crippen LogP contribution in [0.4, 0.5) is 0 Å². The Morgan fingerprint density at radius 3 is 2.47 bits per heavy atom. The summed E-state index contributed by atoms with van der Waals surface area (Å²) >= 11 is 0. The van der Waals surface area contributed by atoms with E-state index < -0.39 is 16.0 Å². The van der Waals surface area contributed by atoms with Crippen LogP contribution in [0, 0.1) is 11.8 Å². The molecule has 2 N–H and O–H groups in total. The fraction of sp³-hybridized carbons (Fsp3) is 0.923. The highest BCUT2D eigenvalue weighted by molar-refractivity contribution is 7.89. The summed E-state index contributed by atoms with van der Waals surface area (Å²) in [6.07, 6.45) is 5.85. The molecule has 0 amide bonds. The zero-order chi connectivity index (χ0) is 14.3. The number of carboxylic acid groups (broad SMARTS) is 1. The number of nitrogens with one attached hydrogen (secondary N) is 1. The maximum atomic E-state index is 11.6. The van der Waals surface area contributed by atoms with E-state index in [1.807, 2.05) is 0 Å². The molecule has 19 heavy (non-hydrogen) atoms. The van der Waals surface area contributed by atoms with Gasteiger partial charge in [-0.3, -0.25) is 4.79 Å². The third kappa shape index (κ3) is 7.52. The monoisotopic (exact) mass is 291 g/mol. The zero-order valence-corrected chi connectivity index (χ0v) is 12.4. The molecule has 6 heteroatoms. The molecule has 0 atom stereocenters. The molecular weight excluding hydrogens is 266 g/mol. The first-order valence-corrected chi connectivity index (χ1v) is 8.73. The van der Waals surface area contributed by atoms with Crippen LogP contribution in [0.15, 0.2) is 0 Å². The third-order valence-corrected chi connectivity index (χ3v) is 5.28. The van der Waals surface area contributed by atoms with Gasteiger partial charge in [0.15, 0.2) is 0 Å². The number of carbonyl (C=O) groups is 1. The summed E-state index contributed by atoms with van der Waals surface area (Å²) in [4.78, 5) is 10.3. The van der Waals surface area contributed by atoms with Crippen LogP contribution >= 0.6 is 0 Å². The number of rotatable bonds is 8. The van der Waals surface area contributed by atoms with E-state index in [1.54, 1.807) is 0 Å². The molecule has 0 aliphatic heterocycles. The van der Waals surface area contributed by atoms with Gasteiger partial charge in [0, 0.05) is 13.0 Å². The number of hydrogen-bond acceptors (Lipinski definition) is 3. The van der Waals surface area contributed by atoms with Crippen LogP contribution in [0.1, 0.15) is 51.9 Å². The van der Waals surface area contributed by atoms with E-state index in [9.17, 15) is 13.2 Å². The van der Waals surface area contributed by atoms with Crippen molar-refractivity contribution in [1.29, 1.82) is 0 Å². The van der Waals surface area contributed by atoms with Gasteiger partial charge in [-0.15, -0.1) is 0 Å². The van der Waals surface area contributed by atoms with E-state index in [2.05, 4.69) is 11.6 Å². The van der Waals surface area contributed by atoms with Crippen LogP contribution in [-0.2, 0) is 14.8 Å². The summed E-state index contributed by atoms with van der Waals surface area (Å²) in [6, 6.07) is 0. The Balaban J connectivity index is 2.15. The fourth-order valence-corrected chi connectivity index (χ4v) is 3.62. The lowest BCUT2D eigenvalue weighted by Gasteiger charge is -2.26. The normalized spacial score (nSPS) is 24.3. The summed E-state index contributed by atoms with van der Waals surface area (Å²) < 4.78 is 25.8. The average Bonchev–Trinajstić information content (AvgIpc) is 2.30. The highest BCUT2D eigenvalue weighted by Gasteiger charge is 2.18. The van der Waals surface area contributed by atoms with Gasteiger partial charge in [-0.25, -0.2) is 13.1 Å². The van der Waals surface area contributed by atoms with Crippen LogP contribution in [0.3, 0.4) is 0 Å². The van der Waals surface area contributed by atoms with Crippen LogP contribution in [0.25, 0.3) is 0 Å². The van der Waals surface area contributed by atoms with Gasteiger partial charge in [-0.2, -0.15) is 0 Å². The average molecular weight is 291 g/mol. The summed E-state index contributed by atoms with van der Waals surface area (Å²) in [5.41, 5.74) is 0. The first-order valence-electron chi connectivity index (χ1n) is 7.08. The van der Waals surface area contributed by atoms with Crippen molar-refractivity contribution < 1.29 is 18.3 Å². The Bertz CT molecular complexity index is 372. The van der Waals surface area contributed by atoms with Crippen molar-refractivity contribution in [2.24, 2.45) is 11.8 Å². The van der Waals surface area contributed by atoms with Crippen LogP contribution in [0.5, 0.6) is 0 Å². The summed E-state index contributed by atoms with van der Waals surface area (Å²) in [7, 11) is -3.30. The first-order chi connectivity index (χ1) is 8.89. The molecule has 112 valence electrons. The van der Waals surface area contributed by atoms with E-state index in [4.69, 9.17) is 5.11 Å². The van der Waals surface area contributed by atoms with Crippen LogP contribution in [0.2, 0.25) is 0 Å². The predicted octanol–water partition coefficient (Wildman–Crippen LogP) is 1.99. The maximum Gasteiger partial charge on any atom is 0.303 e.